The summed E-state index contributed by atoms with van der Waals surface area (Å²) in [5.41, 5.74) is 5.18. The lowest BCUT2D eigenvalue weighted by Gasteiger charge is -2.27. The van der Waals surface area contributed by atoms with Gasteiger partial charge in [0.05, 0.1) is 0 Å². The van der Waals surface area contributed by atoms with Crippen molar-refractivity contribution in [1.29, 1.82) is 0 Å². The lowest BCUT2D eigenvalue weighted by atomic mass is 10.1. The van der Waals surface area contributed by atoms with Crippen molar-refractivity contribution in [3.63, 3.8) is 0 Å². The first-order valence-electron chi connectivity index (χ1n) is 8.48. The zero-order valence-electron chi connectivity index (χ0n) is 15.3. The molecule has 5 nitrogen and oxygen atoms in total. The Bertz CT molecular complexity index is 939. The molecule has 134 valence electrons. The van der Waals surface area contributed by atoms with Gasteiger partial charge in [-0.1, -0.05) is 17.7 Å². The second-order valence-corrected chi connectivity index (χ2v) is 6.75. The average molecular weight is 367 g/mol. The van der Waals surface area contributed by atoms with Crippen molar-refractivity contribution in [2.45, 2.75) is 27.7 Å². The number of hydrogen-bond donors (Lipinski definition) is 1. The van der Waals surface area contributed by atoms with Gasteiger partial charge in [0, 0.05) is 23.6 Å². The van der Waals surface area contributed by atoms with Gasteiger partial charge in [0.1, 0.15) is 5.57 Å². The summed E-state index contributed by atoms with van der Waals surface area (Å²) in [4.78, 5) is 26.3. The van der Waals surface area contributed by atoms with Crippen LogP contribution in [0.25, 0.3) is 11.8 Å². The van der Waals surface area contributed by atoms with Gasteiger partial charge in [-0.25, -0.2) is 0 Å². The van der Waals surface area contributed by atoms with E-state index in [0.717, 1.165) is 22.6 Å². The molecule has 0 unspecified atom stereocenters. The highest BCUT2D eigenvalue weighted by Gasteiger charge is 2.32. The maximum atomic E-state index is 12.6. The van der Waals surface area contributed by atoms with E-state index >= 15 is 0 Å². The summed E-state index contributed by atoms with van der Waals surface area (Å²) in [6.07, 6.45) is 1.65. The van der Waals surface area contributed by atoms with Crippen molar-refractivity contribution in [3.8, 4) is 5.69 Å². The van der Waals surface area contributed by atoms with E-state index in [1.54, 1.807) is 6.08 Å². The quantitative estimate of drug-likeness (QED) is 0.515. The molecule has 1 saturated heterocycles. The minimum Gasteiger partial charge on any atom is -0.318 e. The van der Waals surface area contributed by atoms with Crippen LogP contribution in [0.2, 0.25) is 0 Å². The summed E-state index contributed by atoms with van der Waals surface area (Å²) in [7, 11) is 0. The van der Waals surface area contributed by atoms with Gasteiger partial charge < -0.3 is 4.57 Å². The highest BCUT2D eigenvalue weighted by molar-refractivity contribution is 7.80. The number of nitrogens with zero attached hydrogens (tertiary/aromatic N) is 2. The number of benzene rings is 1. The number of aromatic nitrogens is 1. The first-order chi connectivity index (χ1) is 12.3. The summed E-state index contributed by atoms with van der Waals surface area (Å²) < 4.78 is 2.11. The van der Waals surface area contributed by atoms with Crippen LogP contribution in [0, 0.1) is 20.8 Å². The Balaban J connectivity index is 2.05. The first-order valence-corrected chi connectivity index (χ1v) is 8.89. The minimum absolute atomic E-state index is 0.101. The van der Waals surface area contributed by atoms with Crippen LogP contribution in [0.1, 0.15) is 29.4 Å². The molecule has 3 rings (SSSR count). The lowest BCUT2D eigenvalue weighted by Crippen LogP contribution is -2.53. The normalized spacial score (nSPS) is 16.4. The number of amides is 2. The van der Waals surface area contributed by atoms with Gasteiger partial charge in [-0.3, -0.25) is 19.8 Å². The van der Waals surface area contributed by atoms with Crippen molar-refractivity contribution in [3.05, 3.63) is 58.4 Å². The topological polar surface area (TPSA) is 54.3 Å². The predicted octanol–water partition coefficient (Wildman–Crippen LogP) is 3.05. The van der Waals surface area contributed by atoms with Gasteiger partial charge in [-0.2, -0.15) is 0 Å². The number of hydrogen-bond acceptors (Lipinski definition) is 3. The van der Waals surface area contributed by atoms with Crippen molar-refractivity contribution in [2.24, 2.45) is 0 Å². The average Bonchev–Trinajstić information content (AvgIpc) is 2.86. The Hall–Kier alpha value is -2.73. The number of likely N-dealkylation sites (N-methyl/N-ethyl adjacent to an activating group) is 1. The summed E-state index contributed by atoms with van der Waals surface area (Å²) in [6.45, 7) is 8.27. The number of carbonyl (C=O) groups is 2. The Morgan fingerprint density at radius 2 is 1.77 bits per heavy atom. The molecule has 0 bridgehead atoms. The van der Waals surface area contributed by atoms with Gasteiger partial charge in [-0.15, -0.1) is 0 Å². The highest BCUT2D eigenvalue weighted by Crippen LogP contribution is 2.24. The molecule has 2 aromatic rings. The SMILES string of the molecule is CCN1C(=O)C(=Cc2cc(C)n(-c3ccc(C)cc3)c2C)C(=O)NC1=S. The summed E-state index contributed by atoms with van der Waals surface area (Å²) in [5, 5.41) is 2.74. The zero-order chi connectivity index (χ0) is 19.0. The van der Waals surface area contributed by atoms with E-state index in [1.165, 1.54) is 10.5 Å². The summed E-state index contributed by atoms with van der Waals surface area (Å²) in [6, 6.07) is 10.2. The van der Waals surface area contributed by atoms with Crippen LogP contribution < -0.4 is 5.32 Å². The number of thiocarbonyl (C=S) groups is 1. The van der Waals surface area contributed by atoms with Gasteiger partial charge in [-0.05, 0) is 69.8 Å². The molecule has 26 heavy (non-hydrogen) atoms. The maximum absolute atomic E-state index is 12.6. The molecule has 0 aliphatic carbocycles. The van der Waals surface area contributed by atoms with Crippen molar-refractivity contribution < 1.29 is 9.59 Å². The molecular weight excluding hydrogens is 346 g/mol. The highest BCUT2D eigenvalue weighted by atomic mass is 32.1. The van der Waals surface area contributed by atoms with Crippen LogP contribution in [0.3, 0.4) is 0 Å². The Labute approximate surface area is 158 Å². The second-order valence-electron chi connectivity index (χ2n) is 6.36. The van der Waals surface area contributed by atoms with Crippen molar-refractivity contribution in [2.75, 3.05) is 6.54 Å². The number of nitrogens with one attached hydrogen (secondary N) is 1. The van der Waals surface area contributed by atoms with E-state index < -0.39 is 5.91 Å². The Kier molecular flexibility index (Phi) is 4.78. The fraction of sp³-hybridized carbons (Fsp3) is 0.250. The van der Waals surface area contributed by atoms with Crippen LogP contribution in [0.15, 0.2) is 35.9 Å². The Morgan fingerprint density at radius 1 is 1.12 bits per heavy atom. The van der Waals surface area contributed by atoms with E-state index in [4.69, 9.17) is 12.2 Å². The third-order valence-corrected chi connectivity index (χ3v) is 4.89. The van der Waals surface area contributed by atoms with E-state index in [0.29, 0.717) is 6.54 Å². The molecular formula is C20H21N3O2S. The largest absolute Gasteiger partial charge is 0.318 e. The standard InChI is InChI=1S/C20H21N3O2S/c1-5-22-19(25)17(18(24)21-20(22)26)11-15-10-13(3)23(14(15)4)16-8-6-12(2)7-9-16/h6-11H,5H2,1-4H3,(H,21,24,26). The summed E-state index contributed by atoms with van der Waals surface area (Å²) >= 11 is 5.06. The van der Waals surface area contributed by atoms with Gasteiger partial charge >= 0.3 is 0 Å². The molecule has 0 spiro atoms. The maximum Gasteiger partial charge on any atom is 0.265 e. The summed E-state index contributed by atoms with van der Waals surface area (Å²) in [5.74, 6) is -0.814. The van der Waals surface area contributed by atoms with E-state index in [2.05, 4.69) is 34.1 Å². The van der Waals surface area contributed by atoms with E-state index in [-0.39, 0.29) is 16.6 Å². The van der Waals surface area contributed by atoms with Crippen LogP contribution in [0.4, 0.5) is 0 Å². The number of rotatable bonds is 3. The fourth-order valence-electron chi connectivity index (χ4n) is 3.16. The Morgan fingerprint density at radius 3 is 2.38 bits per heavy atom. The van der Waals surface area contributed by atoms with E-state index in [1.807, 2.05) is 33.8 Å². The third-order valence-electron chi connectivity index (χ3n) is 4.56. The lowest BCUT2D eigenvalue weighted by molar-refractivity contribution is -0.128. The number of aryl methyl sites for hydroxylation is 2. The molecule has 2 heterocycles. The van der Waals surface area contributed by atoms with Crippen molar-refractivity contribution >= 4 is 35.2 Å². The monoisotopic (exact) mass is 367 g/mol. The van der Waals surface area contributed by atoms with Crippen LogP contribution in [0.5, 0.6) is 0 Å². The molecule has 2 amide bonds. The molecule has 1 aromatic carbocycles. The molecule has 1 aliphatic rings. The second kappa shape index (κ2) is 6.88. The third kappa shape index (κ3) is 3.08. The molecule has 1 aromatic heterocycles. The van der Waals surface area contributed by atoms with Crippen LogP contribution in [-0.2, 0) is 9.59 Å². The molecule has 0 atom stereocenters. The van der Waals surface area contributed by atoms with Gasteiger partial charge in [0.15, 0.2) is 5.11 Å². The molecule has 1 aliphatic heterocycles. The molecule has 0 saturated carbocycles. The molecule has 6 heteroatoms. The van der Waals surface area contributed by atoms with Crippen LogP contribution in [-0.4, -0.2) is 32.9 Å². The minimum atomic E-state index is -0.454. The van der Waals surface area contributed by atoms with E-state index in [9.17, 15) is 9.59 Å². The molecule has 1 N–H and O–H groups in total. The zero-order valence-corrected chi connectivity index (χ0v) is 16.1. The van der Waals surface area contributed by atoms with Gasteiger partial charge in [0.25, 0.3) is 11.8 Å². The molecule has 0 radical (unpaired) electrons. The number of carbonyl (C=O) groups excluding carboxylic acids is 2. The van der Waals surface area contributed by atoms with Crippen LogP contribution >= 0.6 is 12.2 Å². The predicted molar refractivity (Wildman–Crippen MR) is 106 cm³/mol. The van der Waals surface area contributed by atoms with Crippen molar-refractivity contribution in [1.82, 2.24) is 14.8 Å². The first kappa shape index (κ1) is 18.1. The van der Waals surface area contributed by atoms with Gasteiger partial charge in [0.2, 0.25) is 0 Å². The fourth-order valence-corrected chi connectivity index (χ4v) is 3.47. The molecule has 1 fully saturated rings. The smallest absolute Gasteiger partial charge is 0.265 e.